The number of hydrogen-bond acceptors (Lipinski definition) is 3. The average Bonchev–Trinajstić information content (AvgIpc) is 2.74. The minimum Gasteiger partial charge on any atom is -0.351 e. The average molecular weight is 457 g/mol. The first kappa shape index (κ1) is 23.0. The predicted octanol–water partition coefficient (Wildman–Crippen LogP) is 4.46. The first-order chi connectivity index (χ1) is 14.8. The lowest BCUT2D eigenvalue weighted by molar-refractivity contribution is -0.121. The molecule has 1 amide bonds. The molecule has 0 bridgehead atoms. The zero-order valence-corrected chi connectivity index (χ0v) is 19.1. The van der Waals surface area contributed by atoms with Crippen molar-refractivity contribution in [3.8, 4) is 0 Å². The van der Waals surface area contributed by atoms with Crippen LogP contribution in [0.2, 0.25) is 5.02 Å². The highest BCUT2D eigenvalue weighted by atomic mass is 35.5. The van der Waals surface area contributed by atoms with Crippen molar-refractivity contribution < 1.29 is 13.2 Å². The van der Waals surface area contributed by atoms with Gasteiger partial charge in [-0.1, -0.05) is 77.3 Å². The van der Waals surface area contributed by atoms with E-state index in [0.717, 1.165) is 22.3 Å². The fraction of sp³-hybridized carbons (Fsp3) is 0.208. The molecule has 162 valence electrons. The molecule has 0 saturated carbocycles. The maximum Gasteiger partial charge on any atom is 0.243 e. The van der Waals surface area contributed by atoms with E-state index in [1.807, 2.05) is 56.3 Å². The molecule has 0 fully saturated rings. The molecule has 0 unspecified atom stereocenters. The van der Waals surface area contributed by atoms with Crippen molar-refractivity contribution in [3.05, 3.63) is 100 Å². The Balaban J connectivity index is 1.81. The smallest absolute Gasteiger partial charge is 0.243 e. The van der Waals surface area contributed by atoms with Crippen molar-refractivity contribution in [2.24, 2.45) is 0 Å². The SMILES string of the molecule is Cc1ccc(CN(CC(=O)NCc2ccccc2Cl)S(=O)(=O)c2ccc(C)cc2)cc1. The van der Waals surface area contributed by atoms with Crippen molar-refractivity contribution in [2.45, 2.75) is 31.8 Å². The highest BCUT2D eigenvalue weighted by Gasteiger charge is 2.27. The number of carbonyl (C=O) groups is 1. The molecular formula is C24H25ClN2O3S. The Bertz CT molecular complexity index is 1140. The highest BCUT2D eigenvalue weighted by molar-refractivity contribution is 7.89. The minimum absolute atomic E-state index is 0.0933. The summed E-state index contributed by atoms with van der Waals surface area (Å²) in [6.45, 7) is 3.88. The van der Waals surface area contributed by atoms with Crippen molar-refractivity contribution in [2.75, 3.05) is 6.54 Å². The van der Waals surface area contributed by atoms with Gasteiger partial charge in [0.2, 0.25) is 15.9 Å². The van der Waals surface area contributed by atoms with E-state index in [1.165, 1.54) is 4.31 Å². The second-order valence-electron chi connectivity index (χ2n) is 7.44. The second-order valence-corrected chi connectivity index (χ2v) is 9.79. The van der Waals surface area contributed by atoms with Gasteiger partial charge in [0.1, 0.15) is 0 Å². The van der Waals surface area contributed by atoms with Gasteiger partial charge >= 0.3 is 0 Å². The third kappa shape index (κ3) is 6.17. The fourth-order valence-electron chi connectivity index (χ4n) is 3.03. The van der Waals surface area contributed by atoms with E-state index < -0.39 is 15.9 Å². The molecule has 0 aliphatic rings. The number of sulfonamides is 1. The van der Waals surface area contributed by atoms with Crippen LogP contribution in [0.15, 0.2) is 77.7 Å². The Morgan fingerprint density at radius 3 is 2.10 bits per heavy atom. The summed E-state index contributed by atoms with van der Waals surface area (Å²) in [6, 6.07) is 21.4. The van der Waals surface area contributed by atoms with Crippen LogP contribution in [0.5, 0.6) is 0 Å². The Kier molecular flexibility index (Phi) is 7.49. The van der Waals surface area contributed by atoms with Gasteiger partial charge in [-0.2, -0.15) is 4.31 Å². The number of benzene rings is 3. The molecule has 0 radical (unpaired) electrons. The molecule has 0 atom stereocenters. The summed E-state index contributed by atoms with van der Waals surface area (Å²) in [5.41, 5.74) is 3.61. The molecule has 0 saturated heterocycles. The number of rotatable bonds is 8. The molecule has 5 nitrogen and oxygen atoms in total. The quantitative estimate of drug-likeness (QED) is 0.544. The molecule has 3 rings (SSSR count). The largest absolute Gasteiger partial charge is 0.351 e. The molecule has 7 heteroatoms. The minimum atomic E-state index is -3.87. The van der Waals surface area contributed by atoms with Crippen LogP contribution in [-0.4, -0.2) is 25.2 Å². The lowest BCUT2D eigenvalue weighted by Gasteiger charge is -2.22. The summed E-state index contributed by atoms with van der Waals surface area (Å²) < 4.78 is 27.8. The van der Waals surface area contributed by atoms with Crippen LogP contribution in [0.25, 0.3) is 0 Å². The summed E-state index contributed by atoms with van der Waals surface area (Å²) in [7, 11) is -3.87. The van der Waals surface area contributed by atoms with Gasteiger partial charge in [-0.05, 0) is 43.2 Å². The molecule has 0 heterocycles. The number of nitrogens with one attached hydrogen (secondary N) is 1. The van der Waals surface area contributed by atoms with Crippen LogP contribution in [0, 0.1) is 13.8 Å². The molecule has 1 N–H and O–H groups in total. The lowest BCUT2D eigenvalue weighted by Crippen LogP contribution is -2.40. The van der Waals surface area contributed by atoms with Gasteiger partial charge in [-0.15, -0.1) is 0 Å². The van der Waals surface area contributed by atoms with E-state index in [1.54, 1.807) is 30.3 Å². The van der Waals surface area contributed by atoms with Gasteiger partial charge in [0, 0.05) is 18.1 Å². The van der Waals surface area contributed by atoms with Gasteiger partial charge in [0.25, 0.3) is 0 Å². The first-order valence-electron chi connectivity index (χ1n) is 9.88. The maximum absolute atomic E-state index is 13.3. The van der Waals surface area contributed by atoms with Gasteiger partial charge < -0.3 is 5.32 Å². The van der Waals surface area contributed by atoms with Crippen LogP contribution in [0.1, 0.15) is 22.3 Å². The summed E-state index contributed by atoms with van der Waals surface area (Å²) in [4.78, 5) is 12.8. The standard InChI is InChI=1S/C24H25ClN2O3S/c1-18-7-11-20(12-8-18)16-27(31(29,30)22-13-9-19(2)10-14-22)17-24(28)26-15-21-5-3-4-6-23(21)25/h3-14H,15-17H2,1-2H3,(H,26,28). The van der Waals surface area contributed by atoms with Gasteiger partial charge in [0.05, 0.1) is 11.4 Å². The lowest BCUT2D eigenvalue weighted by atomic mass is 10.1. The molecule has 0 aromatic heterocycles. The Hall–Kier alpha value is -2.67. The molecule has 0 aliphatic carbocycles. The van der Waals surface area contributed by atoms with Crippen molar-refractivity contribution in [3.63, 3.8) is 0 Å². The third-order valence-electron chi connectivity index (χ3n) is 4.89. The van der Waals surface area contributed by atoms with E-state index in [2.05, 4.69) is 5.32 Å². The monoisotopic (exact) mass is 456 g/mol. The Labute approximate surface area is 188 Å². The summed E-state index contributed by atoms with van der Waals surface area (Å²) in [6.07, 6.45) is 0. The fourth-order valence-corrected chi connectivity index (χ4v) is 4.62. The van der Waals surface area contributed by atoms with E-state index in [-0.39, 0.29) is 24.5 Å². The second kappa shape index (κ2) is 10.1. The van der Waals surface area contributed by atoms with Crippen molar-refractivity contribution >= 4 is 27.5 Å². The number of carbonyl (C=O) groups excluding carboxylic acids is 1. The molecular weight excluding hydrogens is 432 g/mol. The molecule has 0 aliphatic heterocycles. The Morgan fingerprint density at radius 2 is 1.48 bits per heavy atom. The number of amides is 1. The van der Waals surface area contributed by atoms with E-state index in [4.69, 9.17) is 11.6 Å². The van der Waals surface area contributed by atoms with E-state index >= 15 is 0 Å². The van der Waals surface area contributed by atoms with E-state index in [9.17, 15) is 13.2 Å². The van der Waals surface area contributed by atoms with Crippen molar-refractivity contribution in [1.82, 2.24) is 9.62 Å². The van der Waals surface area contributed by atoms with Crippen molar-refractivity contribution in [1.29, 1.82) is 0 Å². The number of nitrogens with zero attached hydrogens (tertiary/aromatic N) is 1. The normalized spacial score (nSPS) is 11.5. The van der Waals surface area contributed by atoms with Gasteiger partial charge in [-0.3, -0.25) is 4.79 Å². The molecule has 0 spiro atoms. The zero-order valence-electron chi connectivity index (χ0n) is 17.5. The van der Waals surface area contributed by atoms with Crippen LogP contribution in [-0.2, 0) is 27.9 Å². The van der Waals surface area contributed by atoms with Crippen LogP contribution < -0.4 is 5.32 Å². The highest BCUT2D eigenvalue weighted by Crippen LogP contribution is 2.20. The predicted molar refractivity (Wildman–Crippen MR) is 123 cm³/mol. The number of aryl methyl sites for hydroxylation is 2. The number of halogens is 1. The molecule has 3 aromatic rings. The van der Waals surface area contributed by atoms with Gasteiger partial charge in [0.15, 0.2) is 0 Å². The van der Waals surface area contributed by atoms with Gasteiger partial charge in [-0.25, -0.2) is 8.42 Å². The van der Waals surface area contributed by atoms with Crippen LogP contribution in [0.4, 0.5) is 0 Å². The number of hydrogen-bond donors (Lipinski definition) is 1. The Morgan fingerprint density at radius 1 is 0.903 bits per heavy atom. The maximum atomic E-state index is 13.3. The molecule has 31 heavy (non-hydrogen) atoms. The molecule has 3 aromatic carbocycles. The third-order valence-corrected chi connectivity index (χ3v) is 7.07. The summed E-state index contributed by atoms with van der Waals surface area (Å²) in [5, 5.41) is 3.32. The first-order valence-corrected chi connectivity index (χ1v) is 11.7. The van der Waals surface area contributed by atoms with Crippen LogP contribution in [0.3, 0.4) is 0 Å². The summed E-state index contributed by atoms with van der Waals surface area (Å²) >= 11 is 6.14. The summed E-state index contributed by atoms with van der Waals surface area (Å²) in [5.74, 6) is -0.400. The zero-order chi connectivity index (χ0) is 22.4. The topological polar surface area (TPSA) is 66.5 Å². The van der Waals surface area contributed by atoms with E-state index in [0.29, 0.717) is 5.02 Å². The van der Waals surface area contributed by atoms with Crippen LogP contribution >= 0.6 is 11.6 Å².